The molecule has 0 spiro atoms. The second kappa shape index (κ2) is 4.04. The molecule has 0 aromatic carbocycles. The molecule has 0 aliphatic heterocycles. The van der Waals surface area contributed by atoms with Crippen LogP contribution in [0.2, 0.25) is 0 Å². The highest BCUT2D eigenvalue weighted by Gasteiger charge is 2.08. The fraction of sp³-hybridized carbons (Fsp3) is 0.750. The molecule has 0 aliphatic carbocycles. The first kappa shape index (κ1) is 11.0. The average Bonchev–Trinajstić information content (AvgIpc) is 1.30. The Morgan fingerprint density at radius 2 is 1.88 bits per heavy atom. The van der Waals surface area contributed by atoms with Crippen LogP contribution in [0.5, 0.6) is 0 Å². The number of hydrogen-bond donors (Lipinski definition) is 0. The van der Waals surface area contributed by atoms with Gasteiger partial charge in [0, 0.05) is 0 Å². The molecule has 0 N–H and O–H groups in total. The lowest BCUT2D eigenvalue weighted by Gasteiger charge is -1.88. The zero-order valence-corrected chi connectivity index (χ0v) is 6.46. The van der Waals surface area contributed by atoms with Crippen LogP contribution < -0.4 is 12.4 Å². The van der Waals surface area contributed by atoms with Crippen molar-refractivity contribution in [1.82, 2.24) is 0 Å². The predicted octanol–water partition coefficient (Wildman–Crippen LogP) is -3.05. The van der Waals surface area contributed by atoms with E-state index < -0.39 is 9.93 Å². The zero-order valence-electron chi connectivity index (χ0n) is 4.89. The minimum Gasteiger partial charge on any atom is -1.00 e. The van der Waals surface area contributed by atoms with Crippen LogP contribution in [0.3, 0.4) is 0 Å². The van der Waals surface area contributed by atoms with E-state index in [1.165, 1.54) is 0 Å². The van der Waals surface area contributed by atoms with E-state index in [4.69, 9.17) is 0 Å². The van der Waals surface area contributed by atoms with Crippen molar-refractivity contribution in [3.63, 3.8) is 0 Å². The van der Waals surface area contributed by atoms with Gasteiger partial charge in [0.05, 0.1) is 9.93 Å². The number of hydrogen-bond acceptors (Lipinski definition) is 2. The zero-order chi connectivity index (χ0) is 5.91. The molecule has 0 saturated heterocycles. The molecule has 0 unspecified atom stereocenters. The SMILES string of the molecule is C[S+](C)(=O)CC=O.[Cl-]. The fourth-order valence-corrected chi connectivity index (χ4v) is 0.492. The Hall–Kier alpha value is 0.110. The summed E-state index contributed by atoms with van der Waals surface area (Å²) in [6.07, 6.45) is 3.82. The van der Waals surface area contributed by atoms with E-state index >= 15 is 0 Å². The van der Waals surface area contributed by atoms with Gasteiger partial charge in [0.25, 0.3) is 0 Å². The Morgan fingerprint density at radius 3 is 1.88 bits per heavy atom. The summed E-state index contributed by atoms with van der Waals surface area (Å²) in [6, 6.07) is 0. The molecule has 0 fully saturated rings. The lowest BCUT2D eigenvalue weighted by molar-refractivity contribution is -0.105. The maximum Gasteiger partial charge on any atom is 0.168 e. The highest BCUT2D eigenvalue weighted by Crippen LogP contribution is 1.87. The van der Waals surface area contributed by atoms with E-state index in [0.717, 1.165) is 0 Å². The maximum atomic E-state index is 10.6. The van der Waals surface area contributed by atoms with Crippen molar-refractivity contribution in [2.24, 2.45) is 0 Å². The van der Waals surface area contributed by atoms with Gasteiger partial charge in [-0.2, -0.15) is 0 Å². The minimum absolute atomic E-state index is 0. The summed E-state index contributed by atoms with van der Waals surface area (Å²) in [7, 11) is -1.79. The number of rotatable bonds is 2. The topological polar surface area (TPSA) is 34.1 Å². The van der Waals surface area contributed by atoms with Crippen LogP contribution in [0.4, 0.5) is 0 Å². The molecule has 0 aromatic rings. The molecule has 2 nitrogen and oxygen atoms in total. The van der Waals surface area contributed by atoms with Crippen molar-refractivity contribution in [3.8, 4) is 0 Å². The predicted molar refractivity (Wildman–Crippen MR) is 30.8 cm³/mol. The Labute approximate surface area is 56.5 Å². The van der Waals surface area contributed by atoms with E-state index in [9.17, 15) is 9.00 Å². The molecule has 0 heterocycles. The Morgan fingerprint density at radius 1 is 1.50 bits per heavy atom. The lowest BCUT2D eigenvalue weighted by Crippen LogP contribution is -3.00. The highest BCUT2D eigenvalue weighted by molar-refractivity contribution is 8.02. The lowest BCUT2D eigenvalue weighted by atomic mass is 10.9. The molecular formula is C4H9ClO2S. The molecule has 0 bridgehead atoms. The largest absolute Gasteiger partial charge is 1.00 e. The molecule has 0 aliphatic rings. The van der Waals surface area contributed by atoms with Gasteiger partial charge in [-0.1, -0.05) is 0 Å². The number of carbonyl (C=O) groups excluding carboxylic acids is 1. The summed E-state index contributed by atoms with van der Waals surface area (Å²) in [4.78, 5) is 9.64. The van der Waals surface area contributed by atoms with Crippen molar-refractivity contribution in [3.05, 3.63) is 0 Å². The third kappa shape index (κ3) is 9.44. The van der Waals surface area contributed by atoms with Gasteiger partial charge in [0.15, 0.2) is 12.0 Å². The van der Waals surface area contributed by atoms with Crippen LogP contribution in [0.1, 0.15) is 0 Å². The molecule has 0 rings (SSSR count). The third-order valence-corrected chi connectivity index (χ3v) is 1.41. The molecule has 8 heavy (non-hydrogen) atoms. The highest BCUT2D eigenvalue weighted by atomic mass is 35.5. The summed E-state index contributed by atoms with van der Waals surface area (Å²) < 4.78 is 10.6. The van der Waals surface area contributed by atoms with Gasteiger partial charge in [-0.05, 0) is 0 Å². The molecule has 0 aromatic heterocycles. The van der Waals surface area contributed by atoms with Crippen LogP contribution in [-0.4, -0.2) is 24.6 Å². The second-order valence-corrected chi connectivity index (χ2v) is 4.98. The van der Waals surface area contributed by atoms with E-state index in [1.807, 2.05) is 0 Å². The number of aldehydes is 1. The van der Waals surface area contributed by atoms with Crippen LogP contribution in [0, 0.1) is 0 Å². The summed E-state index contributed by atoms with van der Waals surface area (Å²) >= 11 is 0. The van der Waals surface area contributed by atoms with Crippen LogP contribution in [0.25, 0.3) is 0 Å². The van der Waals surface area contributed by atoms with Gasteiger partial charge in [-0.3, -0.25) is 4.79 Å². The second-order valence-electron chi connectivity index (χ2n) is 1.77. The van der Waals surface area contributed by atoms with Crippen LogP contribution in [0.15, 0.2) is 0 Å². The van der Waals surface area contributed by atoms with Crippen molar-refractivity contribution >= 4 is 16.2 Å². The summed E-state index contributed by atoms with van der Waals surface area (Å²) in [5, 5.41) is 0. The van der Waals surface area contributed by atoms with Crippen molar-refractivity contribution < 1.29 is 21.4 Å². The van der Waals surface area contributed by atoms with Crippen molar-refractivity contribution in [2.75, 3.05) is 18.3 Å². The maximum absolute atomic E-state index is 10.6. The third-order valence-electron chi connectivity index (χ3n) is 0.469. The normalized spacial score (nSPS) is 9.75. The Bertz CT molecular complexity index is 107. The first-order chi connectivity index (χ1) is 3.06. The molecular weight excluding hydrogens is 148 g/mol. The minimum atomic E-state index is -1.79. The number of halogens is 1. The summed E-state index contributed by atoms with van der Waals surface area (Å²) in [6.45, 7) is 0. The van der Waals surface area contributed by atoms with Crippen molar-refractivity contribution in [1.29, 1.82) is 0 Å². The van der Waals surface area contributed by atoms with Crippen LogP contribution >= 0.6 is 0 Å². The van der Waals surface area contributed by atoms with Gasteiger partial charge in [0.1, 0.15) is 12.5 Å². The van der Waals surface area contributed by atoms with E-state index in [-0.39, 0.29) is 18.2 Å². The Kier molecular flexibility index (Phi) is 5.54. The fourth-order valence-electron chi connectivity index (χ4n) is 0.164. The van der Waals surface area contributed by atoms with Gasteiger partial charge >= 0.3 is 0 Å². The van der Waals surface area contributed by atoms with E-state index in [1.54, 1.807) is 12.5 Å². The molecule has 0 atom stereocenters. The molecule has 0 saturated carbocycles. The summed E-state index contributed by atoms with van der Waals surface area (Å²) in [5.74, 6) is 0.188. The standard InChI is InChI=1S/C4H9O2S.ClH/c1-7(2,6)4-3-5;/h3H,4H2,1-2H3;1H/q+1;/p-1. The first-order valence-corrected chi connectivity index (χ1v) is 4.46. The first-order valence-electron chi connectivity index (χ1n) is 1.92. The van der Waals surface area contributed by atoms with E-state index in [2.05, 4.69) is 0 Å². The van der Waals surface area contributed by atoms with Gasteiger partial charge in [-0.15, -0.1) is 4.21 Å². The van der Waals surface area contributed by atoms with Gasteiger partial charge < -0.3 is 12.4 Å². The summed E-state index contributed by atoms with van der Waals surface area (Å²) in [5.41, 5.74) is 0. The van der Waals surface area contributed by atoms with Gasteiger partial charge in [0.2, 0.25) is 0 Å². The average molecular weight is 157 g/mol. The van der Waals surface area contributed by atoms with Crippen LogP contribution in [-0.2, 0) is 18.9 Å². The molecule has 0 amide bonds. The molecule has 50 valence electrons. The van der Waals surface area contributed by atoms with Crippen molar-refractivity contribution in [2.45, 2.75) is 0 Å². The van der Waals surface area contributed by atoms with Gasteiger partial charge in [-0.25, -0.2) is 0 Å². The quantitative estimate of drug-likeness (QED) is 0.315. The monoisotopic (exact) mass is 156 g/mol. The molecule has 4 heteroatoms. The smallest absolute Gasteiger partial charge is 0.168 e. The van der Waals surface area contributed by atoms with E-state index in [0.29, 0.717) is 6.29 Å². The molecule has 0 radical (unpaired) electrons. The Balaban J connectivity index is 0. The number of carbonyl (C=O) groups is 1.